The highest BCUT2D eigenvalue weighted by atomic mass is 19.1. The van der Waals surface area contributed by atoms with Crippen LogP contribution in [0, 0.1) is 5.82 Å². The number of anilines is 2. The van der Waals surface area contributed by atoms with Gasteiger partial charge in [-0.3, -0.25) is 0 Å². The third-order valence-corrected chi connectivity index (χ3v) is 4.34. The van der Waals surface area contributed by atoms with Crippen LogP contribution in [0.2, 0.25) is 0 Å². The number of amides is 2. The number of hydrogen-bond donors (Lipinski definition) is 2. The fourth-order valence-corrected chi connectivity index (χ4v) is 2.96. The van der Waals surface area contributed by atoms with E-state index in [0.29, 0.717) is 13.0 Å². The van der Waals surface area contributed by atoms with Gasteiger partial charge in [-0.05, 0) is 55.3 Å². The van der Waals surface area contributed by atoms with Gasteiger partial charge < -0.3 is 20.3 Å². The van der Waals surface area contributed by atoms with Crippen molar-refractivity contribution in [3.05, 3.63) is 59.9 Å². The molecule has 2 amide bonds. The van der Waals surface area contributed by atoms with Crippen LogP contribution in [0.15, 0.2) is 48.5 Å². The Labute approximate surface area is 153 Å². The average Bonchev–Trinajstić information content (AvgIpc) is 2.64. The Kier molecular flexibility index (Phi) is 6.07. The van der Waals surface area contributed by atoms with E-state index in [2.05, 4.69) is 22.5 Å². The first-order valence-electron chi connectivity index (χ1n) is 8.86. The summed E-state index contributed by atoms with van der Waals surface area (Å²) in [6.07, 6.45) is 0.885. The van der Waals surface area contributed by atoms with Crippen LogP contribution < -0.4 is 15.5 Å². The van der Waals surface area contributed by atoms with E-state index in [4.69, 9.17) is 4.74 Å². The number of halogens is 1. The maximum absolute atomic E-state index is 12.9. The summed E-state index contributed by atoms with van der Waals surface area (Å²) in [5.74, 6) is -0.255. The van der Waals surface area contributed by atoms with Gasteiger partial charge in [-0.2, -0.15) is 0 Å². The molecular formula is C20H24FN3O2. The number of ether oxygens (including phenoxy) is 1. The zero-order chi connectivity index (χ0) is 18.4. The Morgan fingerprint density at radius 2 is 1.92 bits per heavy atom. The summed E-state index contributed by atoms with van der Waals surface area (Å²) in [7, 11) is 0. The van der Waals surface area contributed by atoms with Crippen molar-refractivity contribution in [2.45, 2.75) is 19.4 Å². The molecule has 0 bridgehead atoms. The number of nitrogens with one attached hydrogen (secondary N) is 2. The molecule has 5 nitrogen and oxygen atoms in total. The number of rotatable bonds is 5. The summed E-state index contributed by atoms with van der Waals surface area (Å²) in [6.45, 7) is 5.04. The number of benzene rings is 2. The van der Waals surface area contributed by atoms with Crippen LogP contribution in [0.3, 0.4) is 0 Å². The Hall–Kier alpha value is -2.60. The summed E-state index contributed by atoms with van der Waals surface area (Å²) in [6, 6.07) is 13.8. The van der Waals surface area contributed by atoms with Crippen LogP contribution in [0.25, 0.3) is 0 Å². The van der Waals surface area contributed by atoms with E-state index in [1.54, 1.807) is 12.1 Å². The maximum Gasteiger partial charge on any atom is 0.319 e. The molecule has 1 unspecified atom stereocenters. The first kappa shape index (κ1) is 18.2. The molecule has 6 heteroatoms. The second-order valence-electron chi connectivity index (χ2n) is 6.43. The Morgan fingerprint density at radius 3 is 2.62 bits per heavy atom. The first-order chi connectivity index (χ1) is 12.6. The first-order valence-corrected chi connectivity index (χ1v) is 8.86. The highest BCUT2D eigenvalue weighted by Gasteiger charge is 2.16. The van der Waals surface area contributed by atoms with Crippen molar-refractivity contribution in [3.63, 3.8) is 0 Å². The zero-order valence-electron chi connectivity index (χ0n) is 14.9. The monoisotopic (exact) mass is 357 g/mol. The van der Waals surface area contributed by atoms with Gasteiger partial charge in [0.1, 0.15) is 5.82 Å². The minimum atomic E-state index is -0.255. The lowest BCUT2D eigenvalue weighted by Gasteiger charge is -2.33. The fraction of sp³-hybridized carbons (Fsp3) is 0.350. The van der Waals surface area contributed by atoms with E-state index in [-0.39, 0.29) is 18.0 Å². The molecule has 3 rings (SSSR count). The highest BCUT2D eigenvalue weighted by molar-refractivity contribution is 5.89. The van der Waals surface area contributed by atoms with E-state index in [1.165, 1.54) is 12.1 Å². The number of hydrogen-bond acceptors (Lipinski definition) is 3. The topological polar surface area (TPSA) is 53.6 Å². The Bertz CT molecular complexity index is 719. The van der Waals surface area contributed by atoms with E-state index in [0.717, 1.165) is 36.6 Å². The van der Waals surface area contributed by atoms with Crippen molar-refractivity contribution >= 4 is 17.4 Å². The van der Waals surface area contributed by atoms with Gasteiger partial charge in [0.05, 0.1) is 12.7 Å². The minimum Gasteiger partial charge on any atom is -0.375 e. The zero-order valence-corrected chi connectivity index (χ0v) is 14.9. The SMILES string of the molecule is CC1CN(c2ccc(NC(=O)NCCc3ccc(F)cc3)cc2)CCO1. The molecule has 0 radical (unpaired) electrons. The molecule has 1 heterocycles. The van der Waals surface area contributed by atoms with Gasteiger partial charge in [0.25, 0.3) is 0 Å². The lowest BCUT2D eigenvalue weighted by atomic mass is 10.1. The normalized spacial score (nSPS) is 17.0. The van der Waals surface area contributed by atoms with E-state index < -0.39 is 0 Å². The lowest BCUT2D eigenvalue weighted by molar-refractivity contribution is 0.0532. The largest absolute Gasteiger partial charge is 0.375 e. The van der Waals surface area contributed by atoms with Crippen molar-refractivity contribution in [2.75, 3.05) is 36.5 Å². The smallest absolute Gasteiger partial charge is 0.319 e. The summed E-state index contributed by atoms with van der Waals surface area (Å²) >= 11 is 0. The molecule has 26 heavy (non-hydrogen) atoms. The van der Waals surface area contributed by atoms with Crippen LogP contribution in [-0.2, 0) is 11.2 Å². The number of carbonyl (C=O) groups is 1. The lowest BCUT2D eigenvalue weighted by Crippen LogP contribution is -2.41. The summed E-state index contributed by atoms with van der Waals surface area (Å²) in [4.78, 5) is 14.3. The van der Waals surface area contributed by atoms with Gasteiger partial charge in [-0.25, -0.2) is 9.18 Å². The van der Waals surface area contributed by atoms with E-state index in [9.17, 15) is 9.18 Å². The molecule has 138 valence electrons. The molecule has 2 aromatic carbocycles. The number of carbonyl (C=O) groups excluding carboxylic acids is 1. The standard InChI is InChI=1S/C20H24FN3O2/c1-15-14-24(12-13-26-15)19-8-6-18(7-9-19)23-20(25)22-11-10-16-2-4-17(21)5-3-16/h2-9,15H,10-14H2,1H3,(H2,22,23,25). The number of morpholine rings is 1. The predicted octanol–water partition coefficient (Wildman–Crippen LogP) is 3.42. The van der Waals surface area contributed by atoms with Crippen molar-refractivity contribution < 1.29 is 13.9 Å². The average molecular weight is 357 g/mol. The highest BCUT2D eigenvalue weighted by Crippen LogP contribution is 2.20. The van der Waals surface area contributed by atoms with Crippen molar-refractivity contribution in [2.24, 2.45) is 0 Å². The predicted molar refractivity (Wildman–Crippen MR) is 101 cm³/mol. The second-order valence-corrected chi connectivity index (χ2v) is 6.43. The van der Waals surface area contributed by atoms with Gasteiger partial charge in [-0.15, -0.1) is 0 Å². The Balaban J connectivity index is 1.44. The molecule has 1 fully saturated rings. The molecular weight excluding hydrogens is 333 g/mol. The number of urea groups is 1. The van der Waals surface area contributed by atoms with Gasteiger partial charge in [0.15, 0.2) is 0 Å². The molecule has 1 aliphatic rings. The molecule has 0 spiro atoms. The molecule has 1 saturated heterocycles. The number of nitrogens with zero attached hydrogens (tertiary/aromatic N) is 1. The molecule has 2 aromatic rings. The Morgan fingerprint density at radius 1 is 1.19 bits per heavy atom. The molecule has 1 atom stereocenters. The third kappa shape index (κ3) is 5.20. The van der Waals surface area contributed by atoms with E-state index in [1.807, 2.05) is 24.3 Å². The van der Waals surface area contributed by atoms with Crippen molar-refractivity contribution in [1.82, 2.24) is 5.32 Å². The quantitative estimate of drug-likeness (QED) is 0.862. The molecule has 0 aromatic heterocycles. The molecule has 0 aliphatic carbocycles. The van der Waals surface area contributed by atoms with Gasteiger partial charge >= 0.3 is 6.03 Å². The van der Waals surface area contributed by atoms with Gasteiger partial charge in [-0.1, -0.05) is 12.1 Å². The summed E-state index contributed by atoms with van der Waals surface area (Å²) < 4.78 is 18.4. The van der Waals surface area contributed by atoms with Crippen LogP contribution in [-0.4, -0.2) is 38.4 Å². The van der Waals surface area contributed by atoms with Gasteiger partial charge in [0.2, 0.25) is 0 Å². The molecule has 2 N–H and O–H groups in total. The van der Waals surface area contributed by atoms with Gasteiger partial charge in [0, 0.05) is 31.0 Å². The second kappa shape index (κ2) is 8.67. The van der Waals surface area contributed by atoms with Crippen LogP contribution in [0.5, 0.6) is 0 Å². The van der Waals surface area contributed by atoms with Crippen LogP contribution >= 0.6 is 0 Å². The van der Waals surface area contributed by atoms with Crippen LogP contribution in [0.1, 0.15) is 12.5 Å². The molecule has 1 aliphatic heterocycles. The molecule has 0 saturated carbocycles. The summed E-state index contributed by atoms with van der Waals surface area (Å²) in [5.41, 5.74) is 2.85. The maximum atomic E-state index is 12.9. The fourth-order valence-electron chi connectivity index (χ4n) is 2.96. The summed E-state index contributed by atoms with van der Waals surface area (Å²) in [5, 5.41) is 5.63. The van der Waals surface area contributed by atoms with Crippen molar-refractivity contribution in [3.8, 4) is 0 Å². The third-order valence-electron chi connectivity index (χ3n) is 4.34. The van der Waals surface area contributed by atoms with Crippen molar-refractivity contribution in [1.29, 1.82) is 0 Å². The van der Waals surface area contributed by atoms with Crippen LogP contribution in [0.4, 0.5) is 20.6 Å². The van der Waals surface area contributed by atoms with E-state index >= 15 is 0 Å². The minimum absolute atomic E-state index is 0.230.